The zero-order valence-corrected chi connectivity index (χ0v) is 15.4. The second-order valence-corrected chi connectivity index (χ2v) is 6.59. The number of fused-ring (bicyclic) bond motifs is 1. The van der Waals surface area contributed by atoms with E-state index in [4.69, 9.17) is 5.73 Å². The Labute approximate surface area is 162 Å². The van der Waals surface area contributed by atoms with E-state index in [1.807, 2.05) is 12.1 Å². The molecular formula is C21H23FN4O2. The Bertz CT molecular complexity index is 983. The minimum Gasteiger partial charge on any atom is -0.397 e. The molecule has 0 aliphatic heterocycles. The predicted octanol–water partition coefficient (Wildman–Crippen LogP) is 3.82. The first-order valence-electron chi connectivity index (χ1n) is 9.24. The number of benzene rings is 2. The number of aromatic amines is 1. The van der Waals surface area contributed by atoms with E-state index in [1.165, 1.54) is 6.07 Å². The van der Waals surface area contributed by atoms with E-state index in [9.17, 15) is 14.0 Å². The number of rotatable bonds is 8. The second-order valence-electron chi connectivity index (χ2n) is 6.59. The zero-order valence-electron chi connectivity index (χ0n) is 15.4. The number of nitrogen functional groups attached to an aromatic ring is 1. The molecule has 3 aromatic rings. The van der Waals surface area contributed by atoms with Crippen LogP contribution in [0.1, 0.15) is 36.2 Å². The number of nitrogens with two attached hydrogens (primary N) is 1. The van der Waals surface area contributed by atoms with Crippen molar-refractivity contribution >= 4 is 34.1 Å². The lowest BCUT2D eigenvalue weighted by Crippen LogP contribution is -2.24. The molecule has 0 radical (unpaired) electrons. The first-order valence-corrected chi connectivity index (χ1v) is 9.24. The molecule has 3 rings (SSSR count). The summed E-state index contributed by atoms with van der Waals surface area (Å²) in [5.74, 6) is -0.734. The smallest absolute Gasteiger partial charge is 0.267 e. The van der Waals surface area contributed by atoms with Crippen LogP contribution in [0.25, 0.3) is 10.9 Å². The van der Waals surface area contributed by atoms with Crippen molar-refractivity contribution in [2.75, 3.05) is 17.6 Å². The third kappa shape index (κ3) is 4.88. The van der Waals surface area contributed by atoms with Gasteiger partial charge in [0, 0.05) is 18.4 Å². The Morgan fingerprint density at radius 2 is 1.86 bits per heavy atom. The molecule has 1 aromatic heterocycles. The number of unbranched alkanes of at least 4 members (excludes halogenated alkanes) is 2. The topological polar surface area (TPSA) is 100 Å². The monoisotopic (exact) mass is 382 g/mol. The normalized spacial score (nSPS) is 10.8. The van der Waals surface area contributed by atoms with Gasteiger partial charge in [-0.1, -0.05) is 30.7 Å². The van der Waals surface area contributed by atoms with Gasteiger partial charge in [-0.25, -0.2) is 4.39 Å². The number of aromatic nitrogens is 1. The Kier molecular flexibility index (Phi) is 6.26. The first-order chi connectivity index (χ1) is 13.5. The number of halogens is 1. The van der Waals surface area contributed by atoms with E-state index < -0.39 is 0 Å². The van der Waals surface area contributed by atoms with Crippen LogP contribution in [0.15, 0.2) is 48.5 Å². The minimum atomic E-state index is -0.382. The quantitative estimate of drug-likeness (QED) is 0.352. The maximum absolute atomic E-state index is 13.7. The standard InChI is InChI=1S/C21H23FN4O2/c22-15-8-6-7-14-13-18(26-20(14)15)21(28)24-12-5-1-2-11-19(27)25-17-10-4-3-9-16(17)23/h3-4,6-10,13,26H,1-2,5,11-12,23H2,(H,24,28)(H,25,27). The highest BCUT2D eigenvalue weighted by atomic mass is 19.1. The Morgan fingerprint density at radius 3 is 2.64 bits per heavy atom. The van der Waals surface area contributed by atoms with Crippen molar-refractivity contribution < 1.29 is 14.0 Å². The Hall–Kier alpha value is -3.35. The van der Waals surface area contributed by atoms with Crippen LogP contribution < -0.4 is 16.4 Å². The van der Waals surface area contributed by atoms with Crippen LogP contribution >= 0.6 is 0 Å². The molecule has 1 heterocycles. The minimum absolute atomic E-state index is 0.0814. The Balaban J connectivity index is 1.35. The van der Waals surface area contributed by atoms with Gasteiger partial charge in [0.1, 0.15) is 11.5 Å². The number of hydrogen-bond donors (Lipinski definition) is 4. The van der Waals surface area contributed by atoms with E-state index in [0.717, 1.165) is 12.8 Å². The van der Waals surface area contributed by atoms with Gasteiger partial charge < -0.3 is 21.4 Å². The number of nitrogens with one attached hydrogen (secondary N) is 3. The lowest BCUT2D eigenvalue weighted by atomic mass is 10.1. The van der Waals surface area contributed by atoms with Crippen LogP contribution in [0.5, 0.6) is 0 Å². The van der Waals surface area contributed by atoms with E-state index in [0.29, 0.717) is 47.4 Å². The largest absolute Gasteiger partial charge is 0.397 e. The maximum atomic E-state index is 13.7. The van der Waals surface area contributed by atoms with Gasteiger partial charge >= 0.3 is 0 Å². The van der Waals surface area contributed by atoms with Gasteiger partial charge in [-0.05, 0) is 37.1 Å². The van der Waals surface area contributed by atoms with Crippen LogP contribution in [-0.4, -0.2) is 23.3 Å². The lowest BCUT2D eigenvalue weighted by molar-refractivity contribution is -0.116. The van der Waals surface area contributed by atoms with E-state index in [2.05, 4.69) is 15.6 Å². The Morgan fingerprint density at radius 1 is 1.04 bits per heavy atom. The SMILES string of the molecule is Nc1ccccc1NC(=O)CCCCCNC(=O)c1cc2cccc(F)c2[nH]1. The maximum Gasteiger partial charge on any atom is 0.267 e. The molecule has 2 amide bonds. The van der Waals surface area contributed by atoms with Gasteiger partial charge in [0.15, 0.2) is 0 Å². The summed E-state index contributed by atoms with van der Waals surface area (Å²) >= 11 is 0. The fourth-order valence-corrected chi connectivity index (χ4v) is 2.95. The lowest BCUT2D eigenvalue weighted by Gasteiger charge is -2.08. The van der Waals surface area contributed by atoms with Crippen LogP contribution in [-0.2, 0) is 4.79 Å². The van der Waals surface area contributed by atoms with Crippen molar-refractivity contribution in [2.24, 2.45) is 0 Å². The molecular weight excluding hydrogens is 359 g/mol. The van der Waals surface area contributed by atoms with Crippen molar-refractivity contribution in [2.45, 2.75) is 25.7 Å². The number of amides is 2. The molecule has 0 fully saturated rings. The summed E-state index contributed by atoms with van der Waals surface area (Å²) in [5, 5.41) is 6.26. The van der Waals surface area contributed by atoms with Crippen molar-refractivity contribution in [1.82, 2.24) is 10.3 Å². The number of carbonyl (C=O) groups is 2. The van der Waals surface area contributed by atoms with Crippen molar-refractivity contribution in [3.8, 4) is 0 Å². The van der Waals surface area contributed by atoms with Crippen molar-refractivity contribution in [3.63, 3.8) is 0 Å². The van der Waals surface area contributed by atoms with Gasteiger partial charge in [0.05, 0.1) is 16.9 Å². The fourth-order valence-electron chi connectivity index (χ4n) is 2.95. The van der Waals surface area contributed by atoms with E-state index in [1.54, 1.807) is 30.3 Å². The molecule has 0 aliphatic rings. The number of hydrogen-bond acceptors (Lipinski definition) is 3. The van der Waals surface area contributed by atoms with Crippen LogP contribution in [0, 0.1) is 5.82 Å². The summed E-state index contributed by atoms with van der Waals surface area (Å²) in [6.45, 7) is 0.490. The van der Waals surface area contributed by atoms with Gasteiger partial charge in [0.25, 0.3) is 5.91 Å². The summed E-state index contributed by atoms with van der Waals surface area (Å²) in [7, 11) is 0. The van der Waals surface area contributed by atoms with Gasteiger partial charge in [0.2, 0.25) is 5.91 Å². The van der Waals surface area contributed by atoms with Gasteiger partial charge in [-0.15, -0.1) is 0 Å². The summed E-state index contributed by atoms with van der Waals surface area (Å²) in [4.78, 5) is 26.9. The van der Waals surface area contributed by atoms with Gasteiger partial charge in [-0.3, -0.25) is 9.59 Å². The van der Waals surface area contributed by atoms with Crippen LogP contribution in [0.2, 0.25) is 0 Å². The van der Waals surface area contributed by atoms with Crippen molar-refractivity contribution in [1.29, 1.82) is 0 Å². The molecule has 2 aromatic carbocycles. The molecule has 28 heavy (non-hydrogen) atoms. The molecule has 6 nitrogen and oxygen atoms in total. The van der Waals surface area contributed by atoms with Crippen LogP contribution in [0.3, 0.4) is 0 Å². The summed E-state index contributed by atoms with van der Waals surface area (Å²) in [6, 6.07) is 13.5. The number of H-pyrrole nitrogens is 1. The molecule has 0 bridgehead atoms. The molecule has 0 saturated heterocycles. The molecule has 5 N–H and O–H groups in total. The third-order valence-corrected chi connectivity index (χ3v) is 4.45. The van der Waals surface area contributed by atoms with Gasteiger partial charge in [-0.2, -0.15) is 0 Å². The number of para-hydroxylation sites is 3. The highest BCUT2D eigenvalue weighted by Crippen LogP contribution is 2.18. The van der Waals surface area contributed by atoms with Crippen LogP contribution in [0.4, 0.5) is 15.8 Å². The molecule has 7 heteroatoms. The summed E-state index contributed by atoms with van der Waals surface area (Å²) in [6.07, 6.45) is 2.66. The highest BCUT2D eigenvalue weighted by Gasteiger charge is 2.11. The molecule has 0 aliphatic carbocycles. The fraction of sp³-hybridized carbons (Fsp3) is 0.238. The van der Waals surface area contributed by atoms with E-state index >= 15 is 0 Å². The molecule has 0 saturated carbocycles. The third-order valence-electron chi connectivity index (χ3n) is 4.45. The first kappa shape index (κ1) is 19.4. The molecule has 146 valence electrons. The summed E-state index contributed by atoms with van der Waals surface area (Å²) < 4.78 is 13.7. The molecule has 0 atom stereocenters. The average Bonchev–Trinajstić information content (AvgIpc) is 3.12. The van der Waals surface area contributed by atoms with E-state index in [-0.39, 0.29) is 17.6 Å². The number of anilines is 2. The average molecular weight is 382 g/mol. The van der Waals surface area contributed by atoms with Crippen molar-refractivity contribution in [3.05, 3.63) is 60.0 Å². The molecule has 0 spiro atoms. The molecule has 0 unspecified atom stereocenters. The highest BCUT2D eigenvalue weighted by molar-refractivity contribution is 5.98. The number of carbonyl (C=O) groups excluding carboxylic acids is 2. The predicted molar refractivity (Wildman–Crippen MR) is 109 cm³/mol. The summed E-state index contributed by atoms with van der Waals surface area (Å²) in [5.41, 5.74) is 7.62. The second kappa shape index (κ2) is 9.03. The zero-order chi connectivity index (χ0) is 19.9.